The van der Waals surface area contributed by atoms with Gasteiger partial charge in [0.1, 0.15) is 11.6 Å². The lowest BCUT2D eigenvalue weighted by Gasteiger charge is -2.36. The van der Waals surface area contributed by atoms with Crippen LogP contribution in [0, 0.1) is 11.7 Å². The molecule has 4 heterocycles. The highest BCUT2D eigenvalue weighted by atomic mass is 19.1. The van der Waals surface area contributed by atoms with Crippen LogP contribution >= 0.6 is 0 Å². The summed E-state index contributed by atoms with van der Waals surface area (Å²) in [5.74, 6) is -2.01. The lowest BCUT2D eigenvalue weighted by molar-refractivity contribution is 0.0839. The average Bonchev–Trinajstić information content (AvgIpc) is 3.12. The zero-order valence-corrected chi connectivity index (χ0v) is 18.7. The number of halogens is 1. The van der Waals surface area contributed by atoms with Crippen LogP contribution in [0.3, 0.4) is 0 Å². The van der Waals surface area contributed by atoms with Crippen molar-refractivity contribution in [1.82, 2.24) is 30.2 Å². The first kappa shape index (κ1) is 22.6. The Bertz CT molecular complexity index is 1330. The fraction of sp³-hybridized carbons (Fsp3) is 0.333. The Hall–Kier alpha value is -4.15. The van der Waals surface area contributed by atoms with Crippen LogP contribution in [0.2, 0.25) is 0 Å². The molecule has 3 aromatic rings. The number of fused-ring (bicyclic) bond motifs is 2. The third-order valence-corrected chi connectivity index (χ3v) is 6.68. The van der Waals surface area contributed by atoms with Crippen LogP contribution in [-0.2, 0) is 18.6 Å². The molecule has 10 nitrogen and oxygen atoms in total. The van der Waals surface area contributed by atoms with Crippen molar-refractivity contribution in [3.05, 3.63) is 81.8 Å². The maximum Gasteiger partial charge on any atom is 0.296 e. The Labute approximate surface area is 199 Å². The van der Waals surface area contributed by atoms with Gasteiger partial charge >= 0.3 is 0 Å². The number of carbonyl (C=O) groups excluding carboxylic acids is 2. The van der Waals surface area contributed by atoms with E-state index in [0.717, 1.165) is 12.8 Å². The first-order valence-corrected chi connectivity index (χ1v) is 11.3. The van der Waals surface area contributed by atoms with Gasteiger partial charge in [0.25, 0.3) is 17.4 Å². The molecule has 2 amide bonds. The quantitative estimate of drug-likeness (QED) is 0.507. The molecule has 2 aromatic heterocycles. The number of carbonyl (C=O) groups is 2. The molecule has 11 heteroatoms. The summed E-state index contributed by atoms with van der Waals surface area (Å²) in [6.07, 6.45) is 5.44. The minimum Gasteiger partial charge on any atom is -0.501 e. The second kappa shape index (κ2) is 8.90. The van der Waals surface area contributed by atoms with E-state index in [1.807, 2.05) is 0 Å². The number of aromatic hydroxyl groups is 1. The predicted molar refractivity (Wildman–Crippen MR) is 121 cm³/mol. The van der Waals surface area contributed by atoms with Gasteiger partial charge in [0.05, 0.1) is 5.54 Å². The highest BCUT2D eigenvalue weighted by Crippen LogP contribution is 2.43. The molecule has 2 aliphatic heterocycles. The summed E-state index contributed by atoms with van der Waals surface area (Å²) in [6.45, 7) is 0.389. The summed E-state index contributed by atoms with van der Waals surface area (Å²) in [4.78, 5) is 51.5. The van der Waals surface area contributed by atoms with Gasteiger partial charge in [-0.05, 0) is 55.4 Å². The van der Waals surface area contributed by atoms with E-state index in [1.54, 1.807) is 6.07 Å². The summed E-state index contributed by atoms with van der Waals surface area (Å²) >= 11 is 0. The van der Waals surface area contributed by atoms with Gasteiger partial charge in [-0.15, -0.1) is 0 Å². The maximum absolute atomic E-state index is 13.1. The van der Waals surface area contributed by atoms with Gasteiger partial charge in [-0.3, -0.25) is 19.0 Å². The van der Waals surface area contributed by atoms with Crippen LogP contribution in [0.1, 0.15) is 58.2 Å². The van der Waals surface area contributed by atoms with Gasteiger partial charge in [0.15, 0.2) is 5.69 Å². The molecule has 3 N–H and O–H groups in total. The fourth-order valence-electron chi connectivity index (χ4n) is 4.81. The number of nitrogens with zero attached hydrogens (tertiary/aromatic N) is 4. The van der Waals surface area contributed by atoms with Crippen molar-refractivity contribution in [2.75, 3.05) is 0 Å². The van der Waals surface area contributed by atoms with Gasteiger partial charge in [-0.25, -0.2) is 19.3 Å². The Morgan fingerprint density at radius 2 is 1.80 bits per heavy atom. The molecule has 0 atom stereocenters. The van der Waals surface area contributed by atoms with Crippen LogP contribution in [0.5, 0.6) is 5.75 Å². The van der Waals surface area contributed by atoms with E-state index in [0.29, 0.717) is 24.9 Å². The highest BCUT2D eigenvalue weighted by molar-refractivity contribution is 5.94. The van der Waals surface area contributed by atoms with Gasteiger partial charge in [-0.2, -0.15) is 0 Å². The van der Waals surface area contributed by atoms with Crippen LogP contribution < -0.4 is 16.2 Å². The third-order valence-electron chi connectivity index (χ3n) is 6.68. The molecule has 1 saturated carbocycles. The molecule has 0 radical (unpaired) electrons. The Kier molecular flexibility index (Phi) is 5.75. The first-order chi connectivity index (χ1) is 16.9. The monoisotopic (exact) mass is 478 g/mol. The zero-order valence-electron chi connectivity index (χ0n) is 18.7. The number of aromatic nitrogens is 4. The topological polar surface area (TPSA) is 139 Å². The molecule has 1 aliphatic carbocycles. The second-order valence-electron chi connectivity index (χ2n) is 8.91. The smallest absolute Gasteiger partial charge is 0.296 e. The number of hydrogen-bond donors (Lipinski definition) is 3. The summed E-state index contributed by atoms with van der Waals surface area (Å²) in [5.41, 5.74) is -1.53. The Morgan fingerprint density at radius 3 is 2.49 bits per heavy atom. The lowest BCUT2D eigenvalue weighted by Crippen LogP contribution is -2.50. The summed E-state index contributed by atoms with van der Waals surface area (Å²) in [5, 5.41) is 16.2. The average molecular weight is 478 g/mol. The molecule has 1 aromatic carbocycles. The molecule has 0 unspecified atom stereocenters. The molecular weight excluding hydrogens is 455 g/mol. The SMILES string of the molecule is O=C(NC12CCC(CC1)Cn1c2nc(C(=O)NCc2ccc(F)cc2)c(O)c1=O)c1ncccn1. The largest absolute Gasteiger partial charge is 0.501 e. The Morgan fingerprint density at radius 1 is 1.11 bits per heavy atom. The van der Waals surface area contributed by atoms with E-state index < -0.39 is 40.2 Å². The van der Waals surface area contributed by atoms with Gasteiger partial charge < -0.3 is 15.7 Å². The molecule has 35 heavy (non-hydrogen) atoms. The summed E-state index contributed by atoms with van der Waals surface area (Å²) < 4.78 is 14.5. The number of amides is 2. The van der Waals surface area contributed by atoms with Crippen molar-refractivity contribution in [2.45, 2.75) is 44.3 Å². The zero-order chi connectivity index (χ0) is 24.6. The van der Waals surface area contributed by atoms with Gasteiger partial charge in [0, 0.05) is 25.5 Å². The molecule has 0 spiro atoms. The van der Waals surface area contributed by atoms with Crippen molar-refractivity contribution >= 4 is 11.8 Å². The van der Waals surface area contributed by atoms with Crippen molar-refractivity contribution in [3.63, 3.8) is 0 Å². The van der Waals surface area contributed by atoms with Crippen LogP contribution in [0.15, 0.2) is 47.5 Å². The molecular formula is C24H23FN6O4. The van der Waals surface area contributed by atoms with Crippen molar-refractivity contribution < 1.29 is 19.1 Å². The number of benzene rings is 1. The van der Waals surface area contributed by atoms with E-state index in [-0.39, 0.29) is 24.1 Å². The normalized spacial score (nSPS) is 20.5. The molecule has 180 valence electrons. The van der Waals surface area contributed by atoms with Crippen LogP contribution in [0.4, 0.5) is 4.39 Å². The van der Waals surface area contributed by atoms with Crippen molar-refractivity contribution in [2.24, 2.45) is 5.92 Å². The molecule has 1 fully saturated rings. The minimum atomic E-state index is -1.01. The molecule has 2 bridgehead atoms. The van der Waals surface area contributed by atoms with E-state index >= 15 is 0 Å². The Balaban J connectivity index is 1.50. The highest BCUT2D eigenvalue weighted by Gasteiger charge is 2.46. The van der Waals surface area contributed by atoms with Gasteiger partial charge in [-0.1, -0.05) is 12.1 Å². The van der Waals surface area contributed by atoms with Gasteiger partial charge in [0.2, 0.25) is 11.6 Å². The molecule has 6 rings (SSSR count). The van der Waals surface area contributed by atoms with Crippen LogP contribution in [0.25, 0.3) is 0 Å². The van der Waals surface area contributed by atoms with E-state index in [2.05, 4.69) is 25.6 Å². The van der Waals surface area contributed by atoms with E-state index in [4.69, 9.17) is 0 Å². The van der Waals surface area contributed by atoms with Crippen molar-refractivity contribution in [1.29, 1.82) is 0 Å². The summed E-state index contributed by atoms with van der Waals surface area (Å²) in [6, 6.07) is 7.17. The number of nitrogens with one attached hydrogen (secondary N) is 2. The number of rotatable bonds is 5. The minimum absolute atomic E-state index is 0.0156. The number of hydrogen-bond acceptors (Lipinski definition) is 7. The first-order valence-electron chi connectivity index (χ1n) is 11.3. The molecule has 3 aliphatic rings. The second-order valence-corrected chi connectivity index (χ2v) is 8.91. The van der Waals surface area contributed by atoms with Crippen molar-refractivity contribution in [3.8, 4) is 5.75 Å². The van der Waals surface area contributed by atoms with E-state index in [9.17, 15) is 23.9 Å². The lowest BCUT2D eigenvalue weighted by atomic mass is 9.77. The van der Waals surface area contributed by atoms with Crippen LogP contribution in [-0.4, -0.2) is 36.4 Å². The maximum atomic E-state index is 13.1. The molecule has 0 saturated heterocycles. The third kappa shape index (κ3) is 4.25. The standard InChI is InChI=1S/C24H23FN6O4/c25-16-4-2-14(3-5-16)12-28-20(33)17-18(32)22(35)31-13-15-6-8-24(9-7-15,23(31)29-17)30-21(34)19-26-10-1-11-27-19/h1-5,10-11,15,32H,6-9,12-13H2,(H,28,33)(H,30,34). The summed E-state index contributed by atoms with van der Waals surface area (Å²) in [7, 11) is 0. The fourth-order valence-corrected chi connectivity index (χ4v) is 4.81. The van der Waals surface area contributed by atoms with E-state index in [1.165, 1.54) is 41.2 Å². The predicted octanol–water partition coefficient (Wildman–Crippen LogP) is 1.64.